The lowest BCUT2D eigenvalue weighted by Crippen LogP contribution is -2.56. The minimum atomic E-state index is -3.61. The Morgan fingerprint density at radius 3 is 2.62 bits per heavy atom. The summed E-state index contributed by atoms with van der Waals surface area (Å²) in [5.74, 6) is -0.125. The van der Waals surface area contributed by atoms with Gasteiger partial charge in [0.25, 0.3) is 16.1 Å². The first-order chi connectivity index (χ1) is 11.3. The molecular formula is C16H25N3O4S. The molecule has 0 radical (unpaired) electrons. The fourth-order valence-corrected chi connectivity index (χ4v) is 3.63. The van der Waals surface area contributed by atoms with Crippen LogP contribution >= 0.6 is 0 Å². The Morgan fingerprint density at radius 1 is 1.38 bits per heavy atom. The van der Waals surface area contributed by atoms with E-state index in [0.717, 1.165) is 16.3 Å². The summed E-state index contributed by atoms with van der Waals surface area (Å²) in [7, 11) is -0.760. The summed E-state index contributed by atoms with van der Waals surface area (Å²) in [6.45, 7) is 2.50. The van der Waals surface area contributed by atoms with Crippen LogP contribution in [0.1, 0.15) is 29.3 Å². The third-order valence-corrected chi connectivity index (χ3v) is 5.84. The van der Waals surface area contributed by atoms with E-state index in [1.54, 1.807) is 11.0 Å². The molecule has 1 amide bonds. The minimum absolute atomic E-state index is 0.109. The number of carbonyl (C=O) groups is 1. The molecule has 7 nitrogen and oxygen atoms in total. The third-order valence-electron chi connectivity index (χ3n) is 4.28. The zero-order valence-corrected chi connectivity index (χ0v) is 15.1. The lowest BCUT2D eigenvalue weighted by molar-refractivity contribution is 0.0363. The second-order valence-electron chi connectivity index (χ2n) is 6.13. The maximum Gasteiger partial charge on any atom is 0.279 e. The van der Waals surface area contributed by atoms with Gasteiger partial charge >= 0.3 is 0 Å². The molecule has 0 spiro atoms. The number of rotatable bonds is 5. The van der Waals surface area contributed by atoms with Gasteiger partial charge in [-0.2, -0.15) is 17.4 Å². The number of carbonyl (C=O) groups excluding carboxylic acids is 1. The fourth-order valence-electron chi connectivity index (χ4n) is 2.76. The molecule has 1 heterocycles. The van der Waals surface area contributed by atoms with E-state index in [-0.39, 0.29) is 12.5 Å². The first-order valence-electron chi connectivity index (χ1n) is 8.01. The smallest absolute Gasteiger partial charge is 0.279 e. The summed E-state index contributed by atoms with van der Waals surface area (Å²) < 4.78 is 27.3. The SMILES string of the molecule is CCc1ccccc1C(=O)N1CC[C@@H](NS(=O)(=O)N(C)C)[C@H](O)C1. The second kappa shape index (κ2) is 7.60. The molecule has 0 saturated carbocycles. The number of aryl methyl sites for hydroxylation is 1. The normalized spacial score (nSPS) is 22.0. The predicted molar refractivity (Wildman–Crippen MR) is 91.9 cm³/mol. The second-order valence-corrected chi connectivity index (χ2v) is 8.05. The van der Waals surface area contributed by atoms with E-state index >= 15 is 0 Å². The van der Waals surface area contributed by atoms with E-state index in [0.29, 0.717) is 18.5 Å². The van der Waals surface area contributed by atoms with Crippen molar-refractivity contribution in [3.8, 4) is 0 Å². The molecule has 0 aromatic heterocycles. The van der Waals surface area contributed by atoms with Crippen molar-refractivity contribution in [1.29, 1.82) is 0 Å². The fraction of sp³-hybridized carbons (Fsp3) is 0.562. The van der Waals surface area contributed by atoms with Crippen LogP contribution in [0.3, 0.4) is 0 Å². The van der Waals surface area contributed by atoms with Gasteiger partial charge in [-0.15, -0.1) is 0 Å². The van der Waals surface area contributed by atoms with Gasteiger partial charge in [-0.25, -0.2) is 0 Å². The van der Waals surface area contributed by atoms with E-state index in [2.05, 4.69) is 4.72 Å². The van der Waals surface area contributed by atoms with Gasteiger partial charge in [-0.05, 0) is 24.5 Å². The highest BCUT2D eigenvalue weighted by atomic mass is 32.2. The molecule has 1 aromatic carbocycles. The summed E-state index contributed by atoms with van der Waals surface area (Å²) in [5, 5.41) is 10.3. The highest BCUT2D eigenvalue weighted by molar-refractivity contribution is 7.87. The number of aliphatic hydroxyl groups is 1. The van der Waals surface area contributed by atoms with Gasteiger partial charge in [0.1, 0.15) is 0 Å². The van der Waals surface area contributed by atoms with Crippen LogP contribution in [-0.4, -0.2) is 68.0 Å². The first kappa shape index (κ1) is 18.9. The number of hydrogen-bond acceptors (Lipinski definition) is 4. The van der Waals surface area contributed by atoms with E-state index < -0.39 is 22.4 Å². The van der Waals surface area contributed by atoms with Gasteiger partial charge in [0, 0.05) is 32.7 Å². The maximum absolute atomic E-state index is 12.7. The molecule has 2 N–H and O–H groups in total. The molecule has 2 rings (SSSR count). The number of piperidine rings is 1. The van der Waals surface area contributed by atoms with Crippen molar-refractivity contribution in [1.82, 2.24) is 13.9 Å². The number of hydrogen-bond donors (Lipinski definition) is 2. The predicted octanol–water partition coefficient (Wildman–Crippen LogP) is 0.220. The van der Waals surface area contributed by atoms with Crippen molar-refractivity contribution in [2.45, 2.75) is 31.9 Å². The van der Waals surface area contributed by atoms with Crippen LogP contribution in [0.4, 0.5) is 0 Å². The molecule has 1 aliphatic heterocycles. The Balaban J connectivity index is 2.06. The molecular weight excluding hydrogens is 330 g/mol. The van der Waals surface area contributed by atoms with Crippen LogP contribution in [0.25, 0.3) is 0 Å². The zero-order valence-electron chi connectivity index (χ0n) is 14.3. The summed E-state index contributed by atoms with van der Waals surface area (Å²) in [6, 6.07) is 6.83. The Labute approximate surface area is 143 Å². The first-order valence-corrected chi connectivity index (χ1v) is 9.45. The Kier molecular flexibility index (Phi) is 5.97. The highest BCUT2D eigenvalue weighted by Crippen LogP contribution is 2.18. The summed E-state index contributed by atoms with van der Waals surface area (Å²) in [4.78, 5) is 14.3. The molecule has 1 aromatic rings. The average molecular weight is 355 g/mol. The molecule has 8 heteroatoms. The largest absolute Gasteiger partial charge is 0.390 e. The molecule has 0 unspecified atom stereocenters. The summed E-state index contributed by atoms with van der Waals surface area (Å²) >= 11 is 0. The van der Waals surface area contributed by atoms with E-state index in [1.165, 1.54) is 14.1 Å². The molecule has 0 bridgehead atoms. The summed E-state index contributed by atoms with van der Waals surface area (Å²) in [5.41, 5.74) is 1.60. The molecule has 1 fully saturated rings. The average Bonchev–Trinajstić information content (AvgIpc) is 2.55. The number of β-amino-alcohol motifs (C(OH)–C–C–N with tert-alkyl or cyclic N) is 1. The number of amides is 1. The molecule has 1 saturated heterocycles. The van der Waals surface area contributed by atoms with Gasteiger partial charge in [0.15, 0.2) is 0 Å². The van der Waals surface area contributed by atoms with Crippen molar-refractivity contribution in [2.75, 3.05) is 27.2 Å². The van der Waals surface area contributed by atoms with Crippen molar-refractivity contribution in [3.05, 3.63) is 35.4 Å². The van der Waals surface area contributed by atoms with Crippen molar-refractivity contribution in [2.24, 2.45) is 0 Å². The Morgan fingerprint density at radius 2 is 2.04 bits per heavy atom. The zero-order chi connectivity index (χ0) is 17.9. The number of likely N-dealkylation sites (tertiary alicyclic amines) is 1. The molecule has 24 heavy (non-hydrogen) atoms. The van der Waals surface area contributed by atoms with Crippen molar-refractivity contribution < 1.29 is 18.3 Å². The van der Waals surface area contributed by atoms with Gasteiger partial charge < -0.3 is 10.0 Å². The highest BCUT2D eigenvalue weighted by Gasteiger charge is 2.33. The van der Waals surface area contributed by atoms with Crippen molar-refractivity contribution in [3.63, 3.8) is 0 Å². The number of benzene rings is 1. The van der Waals surface area contributed by atoms with Crippen LogP contribution in [-0.2, 0) is 16.6 Å². The lowest BCUT2D eigenvalue weighted by atomic mass is 9.99. The monoisotopic (exact) mass is 355 g/mol. The number of aliphatic hydroxyl groups excluding tert-OH is 1. The van der Waals surface area contributed by atoms with Gasteiger partial charge in [-0.1, -0.05) is 25.1 Å². The van der Waals surface area contributed by atoms with Crippen LogP contribution in [0.15, 0.2) is 24.3 Å². The maximum atomic E-state index is 12.7. The Bertz CT molecular complexity index is 690. The topological polar surface area (TPSA) is 90.0 Å². The lowest BCUT2D eigenvalue weighted by Gasteiger charge is -2.36. The van der Waals surface area contributed by atoms with Crippen LogP contribution in [0.5, 0.6) is 0 Å². The molecule has 2 atom stereocenters. The van der Waals surface area contributed by atoms with Crippen LogP contribution in [0, 0.1) is 0 Å². The molecule has 1 aliphatic rings. The van der Waals surface area contributed by atoms with E-state index in [9.17, 15) is 18.3 Å². The van der Waals surface area contributed by atoms with Crippen LogP contribution < -0.4 is 4.72 Å². The third kappa shape index (κ3) is 4.13. The molecule has 134 valence electrons. The minimum Gasteiger partial charge on any atom is -0.390 e. The Hall–Kier alpha value is -1.48. The molecule has 0 aliphatic carbocycles. The van der Waals surface area contributed by atoms with Crippen molar-refractivity contribution >= 4 is 16.1 Å². The van der Waals surface area contributed by atoms with Crippen LogP contribution in [0.2, 0.25) is 0 Å². The van der Waals surface area contributed by atoms with E-state index in [4.69, 9.17) is 0 Å². The standard InChI is InChI=1S/C16H25N3O4S/c1-4-12-7-5-6-8-13(12)16(21)19-10-9-14(15(20)11-19)17-24(22,23)18(2)3/h5-8,14-15,17,20H,4,9-11H2,1-3H3/t14-,15-/m1/s1. The summed E-state index contributed by atoms with van der Waals surface area (Å²) in [6.07, 6.45) is 0.184. The number of nitrogens with zero attached hydrogens (tertiary/aromatic N) is 2. The quantitative estimate of drug-likeness (QED) is 0.791. The van der Waals surface area contributed by atoms with Gasteiger partial charge in [0.2, 0.25) is 0 Å². The van der Waals surface area contributed by atoms with E-state index in [1.807, 2.05) is 25.1 Å². The number of nitrogens with one attached hydrogen (secondary N) is 1. The van der Waals surface area contributed by atoms with Gasteiger partial charge in [0.05, 0.1) is 12.1 Å². The van der Waals surface area contributed by atoms with Gasteiger partial charge in [-0.3, -0.25) is 4.79 Å².